The monoisotopic (exact) mass is 347 g/mol. The number of nitrogens with one attached hydrogen (secondary N) is 1. The minimum Gasteiger partial charge on any atom is -0.337 e. The number of rotatable bonds is 5. The Balaban J connectivity index is 1.84. The molecule has 1 N–H and O–H groups in total. The molecule has 0 atom stereocenters. The zero-order valence-corrected chi connectivity index (χ0v) is 15.1. The van der Waals surface area contributed by atoms with Crippen LogP contribution in [0.4, 0.5) is 0 Å². The van der Waals surface area contributed by atoms with Crippen molar-refractivity contribution in [2.45, 2.75) is 49.5 Å². The average Bonchev–Trinajstić information content (AvgIpc) is 2.95. The molecule has 24 heavy (non-hydrogen) atoms. The van der Waals surface area contributed by atoms with Gasteiger partial charge in [0.15, 0.2) is 5.03 Å². The molecule has 1 aromatic carbocycles. The molecule has 1 fully saturated rings. The first-order valence-electron chi connectivity index (χ1n) is 8.48. The summed E-state index contributed by atoms with van der Waals surface area (Å²) in [5.74, 6) is 0.686. The lowest BCUT2D eigenvalue weighted by Crippen LogP contribution is -2.42. The third-order valence-electron chi connectivity index (χ3n) is 5.16. The Kier molecular flexibility index (Phi) is 4.78. The van der Waals surface area contributed by atoms with Gasteiger partial charge in [0.1, 0.15) is 5.82 Å². The van der Waals surface area contributed by atoms with Gasteiger partial charge in [0, 0.05) is 25.2 Å². The minimum absolute atomic E-state index is 0.0986. The van der Waals surface area contributed by atoms with Crippen molar-refractivity contribution in [1.82, 2.24) is 14.3 Å². The van der Waals surface area contributed by atoms with E-state index < -0.39 is 10.0 Å². The minimum atomic E-state index is -3.59. The van der Waals surface area contributed by atoms with Gasteiger partial charge in [-0.15, -0.1) is 0 Å². The normalized spacial score (nSPS) is 17.8. The average molecular weight is 347 g/mol. The van der Waals surface area contributed by atoms with Gasteiger partial charge in [0.25, 0.3) is 10.0 Å². The van der Waals surface area contributed by atoms with Crippen molar-refractivity contribution in [3.8, 4) is 0 Å². The lowest BCUT2D eigenvalue weighted by atomic mass is 9.69. The van der Waals surface area contributed by atoms with Gasteiger partial charge >= 0.3 is 0 Å². The molecule has 1 saturated carbocycles. The highest BCUT2D eigenvalue weighted by molar-refractivity contribution is 7.89. The predicted molar refractivity (Wildman–Crippen MR) is 94.3 cm³/mol. The number of imidazole rings is 1. The quantitative estimate of drug-likeness (QED) is 0.904. The van der Waals surface area contributed by atoms with E-state index >= 15 is 0 Å². The van der Waals surface area contributed by atoms with Gasteiger partial charge in [0.05, 0.1) is 0 Å². The molecule has 0 spiro atoms. The molecular weight excluding hydrogens is 322 g/mol. The van der Waals surface area contributed by atoms with Crippen LogP contribution in [0, 0.1) is 6.92 Å². The van der Waals surface area contributed by atoms with Crippen molar-refractivity contribution in [2.24, 2.45) is 7.05 Å². The number of hydrogen-bond donors (Lipinski definition) is 1. The van der Waals surface area contributed by atoms with Crippen LogP contribution in [0.2, 0.25) is 0 Å². The van der Waals surface area contributed by atoms with E-state index in [9.17, 15) is 8.42 Å². The molecule has 0 radical (unpaired) electrons. The summed E-state index contributed by atoms with van der Waals surface area (Å²) in [5, 5.41) is 0.0986. The highest BCUT2D eigenvalue weighted by atomic mass is 32.2. The molecule has 5 nitrogen and oxygen atoms in total. The number of benzene rings is 1. The molecule has 1 aromatic heterocycles. The Morgan fingerprint density at radius 2 is 1.83 bits per heavy atom. The maximum absolute atomic E-state index is 12.6. The van der Waals surface area contributed by atoms with Crippen LogP contribution in [0.15, 0.2) is 41.6 Å². The zero-order chi connectivity index (χ0) is 17.2. The SMILES string of the molecule is Cc1nc(S(=O)(=O)NCC2(c3ccccc3)CCCCC2)cn1C. The molecule has 0 amide bonds. The van der Waals surface area contributed by atoms with E-state index in [2.05, 4.69) is 21.8 Å². The van der Waals surface area contributed by atoms with E-state index in [1.807, 2.05) is 18.2 Å². The fraction of sp³-hybridized carbons (Fsp3) is 0.500. The van der Waals surface area contributed by atoms with Crippen LogP contribution in [0.5, 0.6) is 0 Å². The summed E-state index contributed by atoms with van der Waals surface area (Å²) in [4.78, 5) is 4.15. The second kappa shape index (κ2) is 6.69. The first-order chi connectivity index (χ1) is 11.4. The molecular formula is C18H25N3O2S. The summed E-state index contributed by atoms with van der Waals surface area (Å²) >= 11 is 0. The van der Waals surface area contributed by atoms with Crippen LogP contribution >= 0.6 is 0 Å². The van der Waals surface area contributed by atoms with Gasteiger partial charge in [-0.25, -0.2) is 18.1 Å². The maximum atomic E-state index is 12.6. The lowest BCUT2D eigenvalue weighted by molar-refractivity contribution is 0.292. The van der Waals surface area contributed by atoms with Gasteiger partial charge in [-0.3, -0.25) is 0 Å². The Morgan fingerprint density at radius 1 is 1.17 bits per heavy atom. The Bertz CT molecular complexity index is 771. The zero-order valence-electron chi connectivity index (χ0n) is 14.3. The Labute approximate surface area is 144 Å². The highest BCUT2D eigenvalue weighted by Gasteiger charge is 2.35. The molecule has 0 saturated heterocycles. The van der Waals surface area contributed by atoms with Crippen LogP contribution in [0.25, 0.3) is 0 Å². The molecule has 0 aliphatic heterocycles. The fourth-order valence-corrected chi connectivity index (χ4v) is 4.71. The predicted octanol–water partition coefficient (Wildman–Crippen LogP) is 2.91. The number of aryl methyl sites for hydroxylation is 2. The van der Waals surface area contributed by atoms with Crippen LogP contribution in [0.3, 0.4) is 0 Å². The van der Waals surface area contributed by atoms with Crippen molar-refractivity contribution in [3.05, 3.63) is 47.9 Å². The van der Waals surface area contributed by atoms with Gasteiger partial charge < -0.3 is 4.57 Å². The van der Waals surface area contributed by atoms with E-state index in [0.29, 0.717) is 12.4 Å². The summed E-state index contributed by atoms with van der Waals surface area (Å²) in [5.41, 5.74) is 1.11. The molecule has 130 valence electrons. The molecule has 3 rings (SSSR count). The van der Waals surface area contributed by atoms with Gasteiger partial charge in [-0.1, -0.05) is 49.6 Å². The number of nitrogens with zero attached hydrogens (tertiary/aromatic N) is 2. The van der Waals surface area contributed by atoms with Crippen LogP contribution in [-0.4, -0.2) is 24.5 Å². The van der Waals surface area contributed by atoms with Crippen molar-refractivity contribution in [1.29, 1.82) is 0 Å². The standard InChI is InChI=1S/C18H25N3O2S/c1-15-20-17(13-21(15)2)24(22,23)19-14-18(11-7-4-8-12-18)16-9-5-3-6-10-16/h3,5-6,9-10,13,19H,4,7-8,11-12,14H2,1-2H3. The van der Waals surface area contributed by atoms with Gasteiger partial charge in [-0.2, -0.15) is 0 Å². The van der Waals surface area contributed by atoms with E-state index in [1.54, 1.807) is 24.7 Å². The number of hydrogen-bond acceptors (Lipinski definition) is 3. The molecule has 1 aliphatic carbocycles. The summed E-state index contributed by atoms with van der Waals surface area (Å²) in [6.07, 6.45) is 7.09. The summed E-state index contributed by atoms with van der Waals surface area (Å²) in [7, 11) is -1.79. The van der Waals surface area contributed by atoms with E-state index in [-0.39, 0.29) is 10.4 Å². The van der Waals surface area contributed by atoms with Crippen LogP contribution in [-0.2, 0) is 22.5 Å². The van der Waals surface area contributed by atoms with Crippen LogP contribution < -0.4 is 4.72 Å². The van der Waals surface area contributed by atoms with E-state index in [1.165, 1.54) is 12.0 Å². The van der Waals surface area contributed by atoms with Crippen molar-refractivity contribution >= 4 is 10.0 Å². The van der Waals surface area contributed by atoms with E-state index in [4.69, 9.17) is 0 Å². The smallest absolute Gasteiger partial charge is 0.259 e. The third kappa shape index (κ3) is 3.39. The first-order valence-corrected chi connectivity index (χ1v) is 9.96. The van der Waals surface area contributed by atoms with Gasteiger partial charge in [-0.05, 0) is 25.3 Å². The molecule has 6 heteroatoms. The van der Waals surface area contributed by atoms with Crippen LogP contribution in [0.1, 0.15) is 43.5 Å². The second-order valence-electron chi connectivity index (χ2n) is 6.77. The summed E-state index contributed by atoms with van der Waals surface area (Å²) in [6, 6.07) is 10.3. The second-order valence-corrected chi connectivity index (χ2v) is 8.48. The van der Waals surface area contributed by atoms with Crippen molar-refractivity contribution in [2.75, 3.05) is 6.54 Å². The van der Waals surface area contributed by atoms with E-state index in [0.717, 1.165) is 25.7 Å². The highest BCUT2D eigenvalue weighted by Crippen LogP contribution is 2.39. The molecule has 0 unspecified atom stereocenters. The van der Waals surface area contributed by atoms with Crippen molar-refractivity contribution in [3.63, 3.8) is 0 Å². The summed E-state index contributed by atoms with van der Waals surface area (Å²) in [6.45, 7) is 2.22. The fourth-order valence-electron chi connectivity index (χ4n) is 3.55. The maximum Gasteiger partial charge on any atom is 0.259 e. The van der Waals surface area contributed by atoms with Gasteiger partial charge in [0.2, 0.25) is 0 Å². The third-order valence-corrected chi connectivity index (χ3v) is 6.43. The lowest BCUT2D eigenvalue weighted by Gasteiger charge is -2.38. The molecule has 1 aliphatic rings. The first kappa shape index (κ1) is 17.2. The summed E-state index contributed by atoms with van der Waals surface area (Å²) < 4.78 is 29.8. The number of aromatic nitrogens is 2. The molecule has 1 heterocycles. The number of sulfonamides is 1. The Morgan fingerprint density at radius 3 is 2.42 bits per heavy atom. The molecule has 0 bridgehead atoms. The topological polar surface area (TPSA) is 64.0 Å². The van der Waals surface area contributed by atoms with Crippen molar-refractivity contribution < 1.29 is 8.42 Å². The molecule has 2 aromatic rings. The largest absolute Gasteiger partial charge is 0.337 e. The Hall–Kier alpha value is -1.66.